The lowest BCUT2D eigenvalue weighted by Gasteiger charge is -2.38. The predicted octanol–water partition coefficient (Wildman–Crippen LogP) is 4.26. The molecule has 0 aromatic heterocycles. The van der Waals surface area contributed by atoms with Crippen LogP contribution in [0.25, 0.3) is 0 Å². The Morgan fingerprint density at radius 1 is 1.09 bits per heavy atom. The number of amides is 1. The van der Waals surface area contributed by atoms with Crippen molar-refractivity contribution in [3.8, 4) is 6.07 Å². The number of carbonyl (C=O) groups excluding carboxylic acids is 1. The van der Waals surface area contributed by atoms with Gasteiger partial charge in [0, 0.05) is 13.1 Å². The van der Waals surface area contributed by atoms with Crippen molar-refractivity contribution in [3.05, 3.63) is 99.6 Å². The van der Waals surface area contributed by atoms with Crippen LogP contribution < -0.4 is 5.32 Å². The maximum Gasteiger partial charge on any atom is 0.238 e. The number of aryl methyl sites for hydroxylation is 3. The third-order valence-corrected chi connectivity index (χ3v) is 9.03. The molecule has 2 unspecified atom stereocenters. The zero-order valence-electron chi connectivity index (χ0n) is 20.5. The standard InChI is InChI=1S/C29H31N3O2S/c1-20-15-21(2)28(22(3)16-20)35(4,34)32-19-26-8-6-5-7-25(26)17-27(32)29(33)31-14-13-23-9-11-24(18-30)12-10-23/h5-12,15-16,27H,4,13-14,17,19H2,1-3H3,(H,31,33). The number of fused-ring (bicyclic) bond motifs is 1. The van der Waals surface area contributed by atoms with Crippen LogP contribution in [-0.4, -0.2) is 32.9 Å². The van der Waals surface area contributed by atoms with Crippen LogP contribution in [0.1, 0.15) is 38.9 Å². The molecule has 3 aromatic rings. The van der Waals surface area contributed by atoms with E-state index in [0.717, 1.165) is 38.3 Å². The van der Waals surface area contributed by atoms with Crippen LogP contribution in [0.15, 0.2) is 65.6 Å². The monoisotopic (exact) mass is 485 g/mol. The van der Waals surface area contributed by atoms with Crippen molar-refractivity contribution in [2.45, 2.75) is 51.1 Å². The normalized spacial score (nSPS) is 17.1. The summed E-state index contributed by atoms with van der Waals surface area (Å²) in [6.45, 7) is 6.81. The number of hydrogen-bond acceptors (Lipinski definition) is 3. The minimum atomic E-state index is -2.92. The molecule has 3 aromatic carbocycles. The molecule has 35 heavy (non-hydrogen) atoms. The van der Waals surface area contributed by atoms with E-state index in [1.165, 1.54) is 0 Å². The first kappa shape index (κ1) is 24.7. The largest absolute Gasteiger partial charge is 0.354 e. The number of nitrogens with one attached hydrogen (secondary N) is 1. The van der Waals surface area contributed by atoms with Gasteiger partial charge in [-0.1, -0.05) is 54.1 Å². The summed E-state index contributed by atoms with van der Waals surface area (Å²) in [6, 6.07) is 21.0. The maximum absolute atomic E-state index is 14.4. The molecule has 4 rings (SSSR count). The highest BCUT2D eigenvalue weighted by Gasteiger charge is 2.37. The Balaban J connectivity index is 1.60. The summed E-state index contributed by atoms with van der Waals surface area (Å²) >= 11 is 0. The molecule has 0 saturated heterocycles. The first-order valence-electron chi connectivity index (χ1n) is 11.8. The third kappa shape index (κ3) is 5.17. The molecule has 1 heterocycles. The highest BCUT2D eigenvalue weighted by Crippen LogP contribution is 2.32. The van der Waals surface area contributed by atoms with E-state index in [0.29, 0.717) is 31.5 Å². The van der Waals surface area contributed by atoms with Crippen LogP contribution in [0, 0.1) is 32.1 Å². The van der Waals surface area contributed by atoms with Crippen molar-refractivity contribution < 1.29 is 9.00 Å². The van der Waals surface area contributed by atoms with Crippen molar-refractivity contribution >= 4 is 21.5 Å². The number of benzene rings is 3. The fourth-order valence-corrected chi connectivity index (χ4v) is 7.30. The Hall–Kier alpha value is -3.40. The second-order valence-corrected chi connectivity index (χ2v) is 11.4. The Morgan fingerprint density at radius 2 is 1.71 bits per heavy atom. The van der Waals surface area contributed by atoms with Crippen LogP contribution in [0.3, 0.4) is 0 Å². The van der Waals surface area contributed by atoms with Crippen molar-refractivity contribution in [1.29, 1.82) is 5.26 Å². The summed E-state index contributed by atoms with van der Waals surface area (Å²) in [7, 11) is -2.92. The van der Waals surface area contributed by atoms with Crippen molar-refractivity contribution in [2.24, 2.45) is 0 Å². The molecule has 0 aliphatic carbocycles. The lowest BCUT2D eigenvalue weighted by atomic mass is 9.95. The van der Waals surface area contributed by atoms with E-state index in [-0.39, 0.29) is 5.91 Å². The highest BCUT2D eigenvalue weighted by atomic mass is 32.2. The van der Waals surface area contributed by atoms with Crippen molar-refractivity contribution in [3.63, 3.8) is 0 Å². The van der Waals surface area contributed by atoms with Crippen LogP contribution in [0.4, 0.5) is 0 Å². The molecule has 1 aliphatic heterocycles. The fourth-order valence-electron chi connectivity index (χ4n) is 5.01. The Bertz CT molecular complexity index is 1380. The first-order chi connectivity index (χ1) is 16.7. The summed E-state index contributed by atoms with van der Waals surface area (Å²) in [6.07, 6.45) is 1.13. The SMILES string of the molecule is C=S(=O)(c1c(C)cc(C)cc1C)N1Cc2ccccc2CC1C(=O)NCCc1ccc(C#N)cc1. The molecular weight excluding hydrogens is 454 g/mol. The second-order valence-electron chi connectivity index (χ2n) is 9.28. The van der Waals surface area contributed by atoms with Gasteiger partial charge in [0.1, 0.15) is 6.04 Å². The van der Waals surface area contributed by atoms with E-state index in [1.807, 2.05) is 69.3 Å². The summed E-state index contributed by atoms with van der Waals surface area (Å²) < 4.78 is 16.2. The van der Waals surface area contributed by atoms with Crippen LogP contribution in [0.5, 0.6) is 0 Å². The van der Waals surface area contributed by atoms with Gasteiger partial charge in [-0.05, 0) is 79.4 Å². The number of hydrogen-bond donors (Lipinski definition) is 1. The molecule has 0 radical (unpaired) electrons. The predicted molar refractivity (Wildman–Crippen MR) is 142 cm³/mol. The minimum Gasteiger partial charge on any atom is -0.354 e. The first-order valence-corrected chi connectivity index (χ1v) is 13.4. The second kappa shape index (κ2) is 10.1. The van der Waals surface area contributed by atoms with E-state index < -0.39 is 15.7 Å². The molecule has 0 spiro atoms. The summed E-state index contributed by atoms with van der Waals surface area (Å²) in [5, 5.41) is 12.0. The topological polar surface area (TPSA) is 73.2 Å². The van der Waals surface area contributed by atoms with Gasteiger partial charge in [0.15, 0.2) is 0 Å². The smallest absolute Gasteiger partial charge is 0.238 e. The average molecular weight is 486 g/mol. The van der Waals surface area contributed by atoms with Gasteiger partial charge in [-0.3, -0.25) is 4.79 Å². The lowest BCUT2D eigenvalue weighted by Crippen LogP contribution is -2.52. The summed E-state index contributed by atoms with van der Waals surface area (Å²) in [5.74, 6) is 4.07. The van der Waals surface area contributed by atoms with Crippen LogP contribution in [0.2, 0.25) is 0 Å². The molecule has 1 aliphatic rings. The summed E-state index contributed by atoms with van der Waals surface area (Å²) in [5.41, 5.74) is 6.81. The van der Waals surface area contributed by atoms with Gasteiger partial charge < -0.3 is 5.32 Å². The highest BCUT2D eigenvalue weighted by molar-refractivity contribution is 7.98. The summed E-state index contributed by atoms with van der Waals surface area (Å²) in [4.78, 5) is 14.2. The molecule has 5 nitrogen and oxygen atoms in total. The van der Waals surface area contributed by atoms with E-state index in [1.54, 1.807) is 16.4 Å². The van der Waals surface area contributed by atoms with Gasteiger partial charge in [0.25, 0.3) is 0 Å². The van der Waals surface area contributed by atoms with Crippen molar-refractivity contribution in [1.82, 2.24) is 9.62 Å². The van der Waals surface area contributed by atoms with E-state index in [2.05, 4.69) is 17.3 Å². The Labute approximate surface area is 208 Å². The Morgan fingerprint density at radius 3 is 2.34 bits per heavy atom. The van der Waals surface area contributed by atoms with Gasteiger partial charge in [0.05, 0.1) is 26.2 Å². The molecule has 0 bridgehead atoms. The molecule has 0 saturated carbocycles. The van der Waals surface area contributed by atoms with E-state index >= 15 is 0 Å². The number of rotatable bonds is 6. The molecule has 6 heteroatoms. The average Bonchev–Trinajstić information content (AvgIpc) is 2.82. The van der Waals surface area contributed by atoms with Crippen LogP contribution >= 0.6 is 0 Å². The molecule has 180 valence electrons. The Kier molecular flexibility index (Phi) is 7.11. The van der Waals surface area contributed by atoms with Gasteiger partial charge >= 0.3 is 0 Å². The molecule has 0 fully saturated rings. The van der Waals surface area contributed by atoms with Crippen LogP contribution in [-0.2, 0) is 33.9 Å². The van der Waals surface area contributed by atoms with Gasteiger partial charge in [-0.15, -0.1) is 0 Å². The fraction of sp³-hybridized carbons (Fsp3) is 0.276. The zero-order valence-corrected chi connectivity index (χ0v) is 21.3. The van der Waals surface area contributed by atoms with E-state index in [4.69, 9.17) is 5.26 Å². The molecule has 1 amide bonds. The van der Waals surface area contributed by atoms with E-state index in [9.17, 15) is 9.00 Å². The van der Waals surface area contributed by atoms with Gasteiger partial charge in [-0.25, -0.2) is 8.51 Å². The lowest BCUT2D eigenvalue weighted by molar-refractivity contribution is -0.125. The zero-order chi connectivity index (χ0) is 25.2. The van der Waals surface area contributed by atoms with Gasteiger partial charge in [-0.2, -0.15) is 5.26 Å². The number of nitriles is 1. The number of nitrogens with zero attached hydrogens (tertiary/aromatic N) is 2. The quantitative estimate of drug-likeness (QED) is 0.530. The van der Waals surface area contributed by atoms with Gasteiger partial charge in [0.2, 0.25) is 5.91 Å². The maximum atomic E-state index is 14.4. The third-order valence-electron chi connectivity index (χ3n) is 6.61. The molecule has 1 N–H and O–H groups in total. The number of carbonyl (C=O) groups is 1. The molecular formula is C29H31N3O2S. The minimum absolute atomic E-state index is 0.146. The van der Waals surface area contributed by atoms with Crippen molar-refractivity contribution in [2.75, 3.05) is 6.54 Å². The molecule has 2 atom stereocenters.